The zero-order valence-electron chi connectivity index (χ0n) is 21.3. The molecule has 4 N–H and O–H groups in total. The number of ether oxygens (including phenoxy) is 1. The number of benzene rings is 1. The third kappa shape index (κ3) is 6.94. The Morgan fingerprint density at radius 2 is 1.79 bits per heavy atom. The molecule has 1 atom stereocenters. The normalized spacial score (nSPS) is 19.6. The highest BCUT2D eigenvalue weighted by atomic mass is 16.8. The lowest BCUT2D eigenvalue weighted by Gasteiger charge is -2.32. The minimum atomic E-state index is -1.09. The first-order chi connectivity index (χ1) is 18.9. The molecule has 2 saturated heterocycles. The van der Waals surface area contributed by atoms with Crippen molar-refractivity contribution in [2.24, 2.45) is 0 Å². The van der Waals surface area contributed by atoms with Gasteiger partial charge in [0.1, 0.15) is 11.8 Å². The lowest BCUT2D eigenvalue weighted by Crippen LogP contribution is -2.54. The maximum Gasteiger partial charge on any atom is 0.266 e. The van der Waals surface area contributed by atoms with Crippen LogP contribution in [0.5, 0.6) is 5.75 Å². The molecular formula is C24H31N7O8. The van der Waals surface area contributed by atoms with Crippen LogP contribution in [-0.4, -0.2) is 116 Å². The number of hydroxylamine groups is 2. The summed E-state index contributed by atoms with van der Waals surface area (Å²) < 4.78 is 5.53. The van der Waals surface area contributed by atoms with Crippen molar-refractivity contribution in [1.29, 1.82) is 0 Å². The second-order valence-electron chi connectivity index (χ2n) is 9.14. The quantitative estimate of drug-likeness (QED) is 0.0883. The predicted octanol–water partition coefficient (Wildman–Crippen LogP) is -2.62. The number of fused-ring (bicyclic) bond motifs is 1. The van der Waals surface area contributed by atoms with E-state index in [1.54, 1.807) is 4.90 Å². The SMILES string of the molecule is O=CN1CCN(CCNONCCNC(=O)COc2cccc3c2C(=O)N(C2CCC(=O)NC2=O)C3=O)CC1. The first-order valence-corrected chi connectivity index (χ1v) is 12.7. The lowest BCUT2D eigenvalue weighted by atomic mass is 10.0. The fraction of sp³-hybridized carbons (Fsp3) is 0.500. The predicted molar refractivity (Wildman–Crippen MR) is 133 cm³/mol. The largest absolute Gasteiger partial charge is 0.483 e. The average molecular weight is 546 g/mol. The van der Waals surface area contributed by atoms with Gasteiger partial charge in [-0.15, -0.1) is 0 Å². The van der Waals surface area contributed by atoms with Crippen LogP contribution in [0.25, 0.3) is 0 Å². The average Bonchev–Trinajstić information content (AvgIpc) is 3.19. The number of hydrogen-bond acceptors (Lipinski definition) is 11. The van der Waals surface area contributed by atoms with Crippen LogP contribution in [-0.2, 0) is 24.1 Å². The Kier molecular flexibility index (Phi) is 9.54. The van der Waals surface area contributed by atoms with E-state index in [1.807, 2.05) is 0 Å². The first kappa shape index (κ1) is 28.1. The van der Waals surface area contributed by atoms with Gasteiger partial charge in [-0.25, -0.2) is 4.94 Å². The standard InChI is InChI=1S/C24H31N7O8/c32-15-30-12-10-29(11-13-30)9-8-27-39-26-7-6-25-20(34)14-38-18-3-1-2-16-21(18)24(37)31(23(16)36)17-4-5-19(33)28-22(17)35/h1-3,15,17,26-27H,4-14H2,(H,25,34)(H,28,33,35). The molecule has 1 unspecified atom stereocenters. The molecule has 0 aromatic heterocycles. The summed E-state index contributed by atoms with van der Waals surface area (Å²) in [5.74, 6) is -2.92. The number of carbonyl (C=O) groups excluding carboxylic acids is 6. The maximum atomic E-state index is 13.0. The third-order valence-electron chi connectivity index (χ3n) is 6.57. The molecule has 15 heteroatoms. The van der Waals surface area contributed by atoms with Gasteiger partial charge in [-0.1, -0.05) is 6.07 Å². The van der Waals surface area contributed by atoms with Crippen molar-refractivity contribution in [3.63, 3.8) is 0 Å². The molecule has 0 radical (unpaired) electrons. The molecular weight excluding hydrogens is 514 g/mol. The highest BCUT2D eigenvalue weighted by Crippen LogP contribution is 2.33. The Hall–Kier alpha value is -3.92. The van der Waals surface area contributed by atoms with Gasteiger partial charge >= 0.3 is 0 Å². The van der Waals surface area contributed by atoms with Crippen LogP contribution < -0.4 is 26.3 Å². The van der Waals surface area contributed by atoms with Crippen LogP contribution in [0.1, 0.15) is 33.6 Å². The van der Waals surface area contributed by atoms with Crippen LogP contribution in [0.2, 0.25) is 0 Å². The van der Waals surface area contributed by atoms with Gasteiger partial charge in [-0.05, 0) is 18.6 Å². The van der Waals surface area contributed by atoms with E-state index in [0.717, 1.165) is 30.9 Å². The van der Waals surface area contributed by atoms with Crippen LogP contribution in [0, 0.1) is 0 Å². The summed E-state index contributed by atoms with van der Waals surface area (Å²) in [6.45, 7) is 4.57. The van der Waals surface area contributed by atoms with E-state index >= 15 is 0 Å². The van der Waals surface area contributed by atoms with Crippen LogP contribution in [0.4, 0.5) is 0 Å². The fourth-order valence-electron chi connectivity index (χ4n) is 4.50. The lowest BCUT2D eigenvalue weighted by molar-refractivity contribution is -0.136. The summed E-state index contributed by atoms with van der Waals surface area (Å²) in [7, 11) is 0. The molecule has 0 bridgehead atoms. The summed E-state index contributed by atoms with van der Waals surface area (Å²) >= 11 is 0. The van der Waals surface area contributed by atoms with E-state index in [9.17, 15) is 28.8 Å². The molecule has 4 rings (SSSR count). The van der Waals surface area contributed by atoms with Crippen molar-refractivity contribution in [2.45, 2.75) is 18.9 Å². The summed E-state index contributed by atoms with van der Waals surface area (Å²) in [4.78, 5) is 82.4. The van der Waals surface area contributed by atoms with E-state index in [0.29, 0.717) is 26.2 Å². The number of carbonyl (C=O) groups is 6. The monoisotopic (exact) mass is 545 g/mol. The number of hydrogen-bond donors (Lipinski definition) is 4. The van der Waals surface area contributed by atoms with Gasteiger partial charge in [0.25, 0.3) is 17.7 Å². The van der Waals surface area contributed by atoms with E-state index < -0.39 is 42.2 Å². The van der Waals surface area contributed by atoms with E-state index in [4.69, 9.17) is 9.68 Å². The number of piperazine rings is 1. The third-order valence-corrected chi connectivity index (χ3v) is 6.57. The zero-order chi connectivity index (χ0) is 27.8. The highest BCUT2D eigenvalue weighted by Gasteiger charge is 2.46. The minimum Gasteiger partial charge on any atom is -0.483 e. The van der Waals surface area contributed by atoms with E-state index in [2.05, 4.69) is 26.5 Å². The van der Waals surface area contributed by atoms with Gasteiger partial charge in [0.2, 0.25) is 18.2 Å². The zero-order valence-corrected chi connectivity index (χ0v) is 21.3. The summed E-state index contributed by atoms with van der Waals surface area (Å²) in [5.41, 5.74) is 5.50. The van der Waals surface area contributed by atoms with Gasteiger partial charge in [0.05, 0.1) is 11.1 Å². The summed E-state index contributed by atoms with van der Waals surface area (Å²) in [6, 6.07) is 3.34. The highest BCUT2D eigenvalue weighted by molar-refractivity contribution is 6.24. The molecule has 0 saturated carbocycles. The Bertz CT molecular complexity index is 1120. The maximum absolute atomic E-state index is 13.0. The van der Waals surface area contributed by atoms with Crippen molar-refractivity contribution in [1.82, 2.24) is 36.3 Å². The van der Waals surface area contributed by atoms with Crippen molar-refractivity contribution < 1.29 is 38.4 Å². The van der Waals surface area contributed by atoms with Gasteiger partial charge in [-0.3, -0.25) is 43.9 Å². The smallest absolute Gasteiger partial charge is 0.266 e. The van der Waals surface area contributed by atoms with Gasteiger partial charge < -0.3 is 15.0 Å². The van der Waals surface area contributed by atoms with E-state index in [-0.39, 0.29) is 36.3 Å². The number of amides is 6. The topological polar surface area (TPSA) is 179 Å². The fourth-order valence-corrected chi connectivity index (χ4v) is 4.50. The molecule has 1 aromatic rings. The Morgan fingerprint density at radius 1 is 1.03 bits per heavy atom. The number of piperidine rings is 1. The molecule has 3 heterocycles. The second-order valence-corrected chi connectivity index (χ2v) is 9.14. The van der Waals surface area contributed by atoms with Gasteiger partial charge in [-0.2, -0.15) is 11.0 Å². The number of imide groups is 2. The molecule has 1 aromatic carbocycles. The number of nitrogens with zero attached hydrogens (tertiary/aromatic N) is 3. The Balaban J connectivity index is 1.14. The summed E-state index contributed by atoms with van der Waals surface area (Å²) in [5, 5.41) is 4.79. The first-order valence-electron chi connectivity index (χ1n) is 12.7. The van der Waals surface area contributed by atoms with Crippen molar-refractivity contribution >= 4 is 35.9 Å². The summed E-state index contributed by atoms with van der Waals surface area (Å²) in [6.07, 6.45) is 0.926. The molecule has 0 spiro atoms. The second kappa shape index (κ2) is 13.2. The number of nitrogens with one attached hydrogen (secondary N) is 4. The molecule has 15 nitrogen and oxygen atoms in total. The van der Waals surface area contributed by atoms with Crippen molar-refractivity contribution in [3.05, 3.63) is 29.3 Å². The van der Waals surface area contributed by atoms with Crippen molar-refractivity contribution in [2.75, 3.05) is 59.0 Å². The molecule has 39 heavy (non-hydrogen) atoms. The molecule has 2 fully saturated rings. The van der Waals surface area contributed by atoms with E-state index in [1.165, 1.54) is 18.2 Å². The minimum absolute atomic E-state index is 0.0181. The molecule has 3 aliphatic rings. The Morgan fingerprint density at radius 3 is 2.54 bits per heavy atom. The van der Waals surface area contributed by atoms with Gasteiger partial charge in [0, 0.05) is 58.8 Å². The molecule has 6 amide bonds. The molecule has 3 aliphatic heterocycles. The van der Waals surface area contributed by atoms with Crippen LogP contribution in [0.3, 0.4) is 0 Å². The number of rotatable bonds is 13. The van der Waals surface area contributed by atoms with Gasteiger partial charge in [0.15, 0.2) is 6.61 Å². The molecule has 0 aliphatic carbocycles. The Labute approximate surface area is 224 Å². The van der Waals surface area contributed by atoms with Crippen LogP contribution >= 0.6 is 0 Å². The van der Waals surface area contributed by atoms with Crippen LogP contribution in [0.15, 0.2) is 18.2 Å². The van der Waals surface area contributed by atoms with Crippen molar-refractivity contribution in [3.8, 4) is 5.75 Å². The molecule has 210 valence electrons.